The smallest absolute Gasteiger partial charge is 0.341 e. The number of aromatic amines is 1. The zero-order valence-electron chi connectivity index (χ0n) is 9.31. The van der Waals surface area contributed by atoms with E-state index >= 15 is 0 Å². The molecule has 3 heterocycles. The highest BCUT2D eigenvalue weighted by atomic mass is 19.4. The predicted octanol–water partition coefficient (Wildman–Crippen LogP) is 2.43. The number of pyridine rings is 1. The van der Waals surface area contributed by atoms with E-state index in [0.717, 1.165) is 12.3 Å². The number of alkyl halides is 3. The molecule has 3 rings (SSSR count). The third-order valence-electron chi connectivity index (χ3n) is 2.55. The summed E-state index contributed by atoms with van der Waals surface area (Å²) in [6.07, 6.45) is -0.574. The van der Waals surface area contributed by atoms with Gasteiger partial charge in [0.05, 0.1) is 6.33 Å². The molecule has 0 aliphatic heterocycles. The lowest BCUT2D eigenvalue weighted by Crippen LogP contribution is -2.07. The van der Waals surface area contributed by atoms with Crippen LogP contribution in [-0.4, -0.2) is 24.9 Å². The van der Waals surface area contributed by atoms with Crippen LogP contribution in [0.4, 0.5) is 13.2 Å². The number of nitrogens with zero attached hydrogens (tertiary/aromatic N) is 4. The van der Waals surface area contributed by atoms with Gasteiger partial charge in [0, 0.05) is 11.8 Å². The Bertz CT molecular complexity index is 717. The van der Waals surface area contributed by atoms with Gasteiger partial charge in [-0.25, -0.2) is 15.0 Å². The Morgan fingerprint density at radius 3 is 2.53 bits per heavy atom. The van der Waals surface area contributed by atoms with Crippen molar-refractivity contribution in [3.8, 4) is 11.3 Å². The molecule has 8 heteroatoms. The van der Waals surface area contributed by atoms with Crippen LogP contribution in [0.1, 0.15) is 5.69 Å². The van der Waals surface area contributed by atoms with Gasteiger partial charge in [0.1, 0.15) is 23.2 Å². The number of H-pyrrole nitrogens is 1. The summed E-state index contributed by atoms with van der Waals surface area (Å²) in [5.74, 6) is 0. The van der Waals surface area contributed by atoms with Crippen LogP contribution in [0.15, 0.2) is 31.0 Å². The summed E-state index contributed by atoms with van der Waals surface area (Å²) in [6.45, 7) is 0. The first-order valence-corrected chi connectivity index (χ1v) is 5.23. The van der Waals surface area contributed by atoms with Crippen LogP contribution in [0.5, 0.6) is 0 Å². The van der Waals surface area contributed by atoms with Gasteiger partial charge < -0.3 is 4.98 Å². The molecule has 0 aliphatic carbocycles. The Labute approximate surface area is 104 Å². The number of halogens is 3. The van der Waals surface area contributed by atoms with Crippen molar-refractivity contribution in [2.75, 3.05) is 0 Å². The summed E-state index contributed by atoms with van der Waals surface area (Å²) in [5.41, 5.74) is 0.994. The highest BCUT2D eigenvalue weighted by Gasteiger charge is 2.32. The zero-order chi connectivity index (χ0) is 13.5. The average molecular weight is 265 g/mol. The third kappa shape index (κ3) is 2.01. The van der Waals surface area contributed by atoms with Crippen molar-refractivity contribution in [2.24, 2.45) is 0 Å². The molecule has 1 N–H and O–H groups in total. The van der Waals surface area contributed by atoms with Gasteiger partial charge in [-0.3, -0.25) is 4.98 Å². The second-order valence-electron chi connectivity index (χ2n) is 3.75. The summed E-state index contributed by atoms with van der Waals surface area (Å²) in [4.78, 5) is 18.2. The van der Waals surface area contributed by atoms with E-state index in [0.29, 0.717) is 22.4 Å². The number of hydrogen-bond acceptors (Lipinski definition) is 4. The molecular formula is C11H6F3N5. The lowest BCUT2D eigenvalue weighted by molar-refractivity contribution is -0.141. The number of imidazole rings is 1. The molecule has 0 spiro atoms. The van der Waals surface area contributed by atoms with Gasteiger partial charge in [-0.15, -0.1) is 0 Å². The Kier molecular flexibility index (Phi) is 2.44. The van der Waals surface area contributed by atoms with E-state index in [9.17, 15) is 13.2 Å². The van der Waals surface area contributed by atoms with E-state index in [1.807, 2.05) is 0 Å². The molecule has 0 aliphatic rings. The Morgan fingerprint density at radius 2 is 1.84 bits per heavy atom. The molecule has 0 atom stereocenters. The van der Waals surface area contributed by atoms with Crippen molar-refractivity contribution in [3.63, 3.8) is 0 Å². The van der Waals surface area contributed by atoms with Crippen LogP contribution in [0.2, 0.25) is 0 Å². The lowest BCUT2D eigenvalue weighted by Gasteiger charge is -2.06. The normalized spacial score (nSPS) is 11.9. The van der Waals surface area contributed by atoms with Crippen LogP contribution in [0, 0.1) is 0 Å². The first-order chi connectivity index (χ1) is 9.05. The highest BCUT2D eigenvalue weighted by Crippen LogP contribution is 2.29. The molecule has 19 heavy (non-hydrogen) atoms. The average Bonchev–Trinajstić information content (AvgIpc) is 2.86. The number of fused-ring (bicyclic) bond motifs is 1. The molecule has 96 valence electrons. The number of nitrogens with one attached hydrogen (secondary N) is 1. The van der Waals surface area contributed by atoms with Gasteiger partial charge in [0.25, 0.3) is 0 Å². The van der Waals surface area contributed by atoms with Crippen molar-refractivity contribution >= 4 is 11.2 Å². The Hall–Kier alpha value is -2.51. The van der Waals surface area contributed by atoms with E-state index in [1.165, 1.54) is 18.7 Å². The van der Waals surface area contributed by atoms with E-state index in [-0.39, 0.29) is 0 Å². The molecule has 0 fully saturated rings. The number of rotatable bonds is 1. The van der Waals surface area contributed by atoms with Crippen LogP contribution in [0.25, 0.3) is 22.4 Å². The van der Waals surface area contributed by atoms with E-state index in [4.69, 9.17) is 0 Å². The van der Waals surface area contributed by atoms with Crippen molar-refractivity contribution in [2.45, 2.75) is 6.18 Å². The summed E-state index contributed by atoms with van der Waals surface area (Å²) < 4.78 is 37.3. The van der Waals surface area contributed by atoms with E-state index in [1.54, 1.807) is 0 Å². The molecule has 0 unspecified atom stereocenters. The van der Waals surface area contributed by atoms with Crippen LogP contribution in [-0.2, 0) is 6.18 Å². The highest BCUT2D eigenvalue weighted by molar-refractivity contribution is 5.86. The molecule has 0 radical (unpaired) electrons. The van der Waals surface area contributed by atoms with Crippen LogP contribution >= 0.6 is 0 Å². The van der Waals surface area contributed by atoms with Crippen LogP contribution < -0.4 is 0 Å². The molecule has 3 aromatic rings. The van der Waals surface area contributed by atoms with Crippen molar-refractivity contribution in [1.82, 2.24) is 24.9 Å². The summed E-state index contributed by atoms with van der Waals surface area (Å²) in [5, 5.41) is 0. The van der Waals surface area contributed by atoms with Gasteiger partial charge in [0.15, 0.2) is 5.65 Å². The maximum absolute atomic E-state index is 12.4. The fraction of sp³-hybridized carbons (Fsp3) is 0.0909. The molecule has 3 aromatic heterocycles. The van der Waals surface area contributed by atoms with Gasteiger partial charge in [0.2, 0.25) is 0 Å². The predicted molar refractivity (Wildman–Crippen MR) is 59.9 cm³/mol. The lowest BCUT2D eigenvalue weighted by atomic mass is 10.1. The van der Waals surface area contributed by atoms with Crippen molar-refractivity contribution in [3.05, 3.63) is 36.7 Å². The fourth-order valence-electron chi connectivity index (χ4n) is 1.69. The minimum atomic E-state index is -4.45. The van der Waals surface area contributed by atoms with Crippen molar-refractivity contribution < 1.29 is 13.2 Å². The number of aromatic nitrogens is 5. The first kappa shape index (κ1) is 11.6. The second kappa shape index (κ2) is 4.01. The Balaban J connectivity index is 2.10. The molecule has 0 saturated carbocycles. The standard InChI is InChI=1S/C11H6F3N5/c12-11(13,14)7-2-1-6(3-15-7)8-9-10(18-4-16-8)19-5-17-9/h1-5H,(H,16,17,18,19). The maximum Gasteiger partial charge on any atom is 0.433 e. The molecule has 0 bridgehead atoms. The van der Waals surface area contributed by atoms with Crippen LogP contribution in [0.3, 0.4) is 0 Å². The molecular weight excluding hydrogens is 259 g/mol. The zero-order valence-corrected chi connectivity index (χ0v) is 9.31. The molecule has 5 nitrogen and oxygen atoms in total. The summed E-state index contributed by atoms with van der Waals surface area (Å²) in [7, 11) is 0. The van der Waals surface area contributed by atoms with Gasteiger partial charge >= 0.3 is 6.18 Å². The molecule has 0 aromatic carbocycles. The largest absolute Gasteiger partial charge is 0.433 e. The minimum Gasteiger partial charge on any atom is -0.341 e. The van der Waals surface area contributed by atoms with E-state index in [2.05, 4.69) is 24.9 Å². The van der Waals surface area contributed by atoms with Gasteiger partial charge in [-0.2, -0.15) is 13.2 Å². The second-order valence-corrected chi connectivity index (χ2v) is 3.75. The monoisotopic (exact) mass is 265 g/mol. The number of hydrogen-bond donors (Lipinski definition) is 1. The van der Waals surface area contributed by atoms with Gasteiger partial charge in [-0.1, -0.05) is 0 Å². The maximum atomic E-state index is 12.4. The topological polar surface area (TPSA) is 67.3 Å². The van der Waals surface area contributed by atoms with Gasteiger partial charge in [-0.05, 0) is 12.1 Å². The SMILES string of the molecule is FC(F)(F)c1ccc(-c2ncnc3nc[nH]c23)cn1. The third-order valence-corrected chi connectivity index (χ3v) is 2.55. The van der Waals surface area contributed by atoms with Crippen molar-refractivity contribution in [1.29, 1.82) is 0 Å². The molecule has 0 amide bonds. The molecule has 0 saturated heterocycles. The quantitative estimate of drug-likeness (QED) is 0.733. The Morgan fingerprint density at radius 1 is 1.00 bits per heavy atom. The van der Waals surface area contributed by atoms with E-state index < -0.39 is 11.9 Å². The minimum absolute atomic E-state index is 0.449. The summed E-state index contributed by atoms with van der Waals surface area (Å²) in [6, 6.07) is 2.23. The fourth-order valence-corrected chi connectivity index (χ4v) is 1.69. The first-order valence-electron chi connectivity index (χ1n) is 5.23. The summed E-state index contributed by atoms with van der Waals surface area (Å²) >= 11 is 0.